The minimum absolute atomic E-state index is 0.100. The van der Waals surface area contributed by atoms with Crippen LogP contribution < -0.4 is 5.56 Å². The number of unbranched alkanes of at least 4 members (excludes halogenated alkanes) is 3. The van der Waals surface area contributed by atoms with E-state index in [4.69, 9.17) is 4.98 Å². The van der Waals surface area contributed by atoms with Gasteiger partial charge in [-0.05, 0) is 56.5 Å². The maximum absolute atomic E-state index is 13.6. The van der Waals surface area contributed by atoms with E-state index < -0.39 is 0 Å². The lowest BCUT2D eigenvalue weighted by molar-refractivity contribution is -0.133. The van der Waals surface area contributed by atoms with Gasteiger partial charge in [0, 0.05) is 13.0 Å². The molecule has 0 aliphatic heterocycles. The molecule has 1 aromatic heterocycles. The molecule has 0 aliphatic rings. The summed E-state index contributed by atoms with van der Waals surface area (Å²) >= 11 is 0. The van der Waals surface area contributed by atoms with Crippen molar-refractivity contribution < 1.29 is 4.79 Å². The van der Waals surface area contributed by atoms with Gasteiger partial charge >= 0.3 is 0 Å². The Morgan fingerprint density at radius 1 is 1.03 bits per heavy atom. The second-order valence-corrected chi connectivity index (χ2v) is 8.54. The third-order valence-corrected chi connectivity index (χ3v) is 5.97. The van der Waals surface area contributed by atoms with Crippen LogP contribution in [0.5, 0.6) is 0 Å². The molecule has 5 heteroatoms. The average Bonchev–Trinajstić information content (AvgIpc) is 2.79. The monoisotopic (exact) mass is 433 g/mol. The normalized spacial score (nSPS) is 12.1. The van der Waals surface area contributed by atoms with E-state index in [2.05, 4.69) is 13.8 Å². The number of benzene rings is 2. The van der Waals surface area contributed by atoms with Gasteiger partial charge in [0.1, 0.15) is 5.82 Å². The molecule has 0 radical (unpaired) electrons. The summed E-state index contributed by atoms with van der Waals surface area (Å²) in [5.74, 6) is 0.747. The predicted octanol–water partition coefficient (Wildman–Crippen LogP) is 5.96. The van der Waals surface area contributed by atoms with Gasteiger partial charge < -0.3 is 4.90 Å². The first-order chi connectivity index (χ1) is 15.5. The van der Waals surface area contributed by atoms with Crippen LogP contribution in [0, 0.1) is 6.92 Å². The fourth-order valence-corrected chi connectivity index (χ4v) is 4.12. The highest BCUT2D eigenvalue weighted by Crippen LogP contribution is 2.25. The third kappa shape index (κ3) is 5.26. The lowest BCUT2D eigenvalue weighted by Crippen LogP contribution is -2.38. The number of aryl methyl sites for hydroxylation is 1. The van der Waals surface area contributed by atoms with Gasteiger partial charge in [0.2, 0.25) is 5.91 Å². The van der Waals surface area contributed by atoms with Crippen LogP contribution in [-0.2, 0) is 4.79 Å². The minimum Gasteiger partial charge on any atom is -0.333 e. The highest BCUT2D eigenvalue weighted by atomic mass is 16.2. The lowest BCUT2D eigenvalue weighted by atomic mass is 10.1. The molecular formula is C27H35N3O2. The van der Waals surface area contributed by atoms with Gasteiger partial charge in [0.05, 0.1) is 22.6 Å². The zero-order valence-electron chi connectivity index (χ0n) is 19.8. The summed E-state index contributed by atoms with van der Waals surface area (Å²) in [6.07, 6.45) is 5.47. The van der Waals surface area contributed by atoms with Crippen LogP contribution in [0.4, 0.5) is 0 Å². The molecule has 0 saturated carbocycles. The number of rotatable bonds is 10. The fourth-order valence-electron chi connectivity index (χ4n) is 4.12. The van der Waals surface area contributed by atoms with Crippen molar-refractivity contribution in [2.45, 2.75) is 72.3 Å². The zero-order valence-corrected chi connectivity index (χ0v) is 19.8. The van der Waals surface area contributed by atoms with Gasteiger partial charge in [-0.15, -0.1) is 0 Å². The smallest absolute Gasteiger partial charge is 0.266 e. The molecule has 0 aliphatic carbocycles. The minimum atomic E-state index is -0.312. The van der Waals surface area contributed by atoms with Crippen molar-refractivity contribution in [3.05, 3.63) is 70.3 Å². The van der Waals surface area contributed by atoms with Crippen LogP contribution in [0.25, 0.3) is 16.6 Å². The lowest BCUT2D eigenvalue weighted by Gasteiger charge is -2.31. The van der Waals surface area contributed by atoms with E-state index in [0.717, 1.165) is 43.4 Å². The van der Waals surface area contributed by atoms with E-state index in [0.29, 0.717) is 29.7 Å². The van der Waals surface area contributed by atoms with Crippen LogP contribution in [0.1, 0.15) is 76.7 Å². The average molecular weight is 434 g/mol. The zero-order chi connectivity index (χ0) is 23.1. The predicted molar refractivity (Wildman–Crippen MR) is 131 cm³/mol. The molecule has 3 aromatic rings. The molecule has 32 heavy (non-hydrogen) atoms. The molecule has 0 bridgehead atoms. The number of carbonyl (C=O) groups excluding carboxylic acids is 1. The molecule has 0 fully saturated rings. The molecule has 0 unspecified atom stereocenters. The largest absolute Gasteiger partial charge is 0.333 e. The molecule has 5 nitrogen and oxygen atoms in total. The van der Waals surface area contributed by atoms with Crippen LogP contribution in [0.15, 0.2) is 53.3 Å². The number of amides is 1. The Morgan fingerprint density at radius 2 is 1.78 bits per heavy atom. The van der Waals surface area contributed by atoms with Crippen molar-refractivity contribution in [3.8, 4) is 5.69 Å². The SMILES string of the molecule is CCCCCC(=O)N(CCCC)[C@@H](C)c1nc2ccccc2c(=O)n1-c1cccc(C)c1. The Kier molecular flexibility index (Phi) is 8.20. The van der Waals surface area contributed by atoms with Crippen molar-refractivity contribution >= 4 is 16.8 Å². The summed E-state index contributed by atoms with van der Waals surface area (Å²) < 4.78 is 1.69. The van der Waals surface area contributed by atoms with Crippen molar-refractivity contribution in [1.82, 2.24) is 14.5 Å². The number of hydrogen-bond acceptors (Lipinski definition) is 3. The molecule has 2 aromatic carbocycles. The fraction of sp³-hybridized carbons (Fsp3) is 0.444. The van der Waals surface area contributed by atoms with E-state index in [1.54, 1.807) is 4.57 Å². The summed E-state index contributed by atoms with van der Waals surface area (Å²) in [5, 5.41) is 0.583. The number of aromatic nitrogens is 2. The topological polar surface area (TPSA) is 55.2 Å². The molecule has 1 atom stereocenters. The summed E-state index contributed by atoms with van der Waals surface area (Å²) in [7, 11) is 0. The van der Waals surface area contributed by atoms with Gasteiger partial charge in [-0.25, -0.2) is 4.98 Å². The van der Waals surface area contributed by atoms with E-state index in [-0.39, 0.29) is 17.5 Å². The van der Waals surface area contributed by atoms with Gasteiger partial charge in [0.25, 0.3) is 5.56 Å². The Hall–Kier alpha value is -2.95. The summed E-state index contributed by atoms with van der Waals surface area (Å²) in [5.41, 5.74) is 2.41. The third-order valence-electron chi connectivity index (χ3n) is 5.97. The number of para-hydroxylation sites is 1. The number of hydrogen-bond donors (Lipinski definition) is 0. The Bertz CT molecular complexity index is 1120. The maximum atomic E-state index is 13.6. The number of nitrogens with zero attached hydrogens (tertiary/aromatic N) is 3. The van der Waals surface area contributed by atoms with Crippen molar-refractivity contribution in [2.75, 3.05) is 6.54 Å². The summed E-state index contributed by atoms with van der Waals surface area (Å²) in [6.45, 7) is 8.94. The van der Waals surface area contributed by atoms with Gasteiger partial charge in [0.15, 0.2) is 0 Å². The summed E-state index contributed by atoms with van der Waals surface area (Å²) in [4.78, 5) is 33.6. The first-order valence-electron chi connectivity index (χ1n) is 11.9. The number of fused-ring (bicyclic) bond motifs is 1. The highest BCUT2D eigenvalue weighted by molar-refractivity contribution is 5.79. The van der Waals surface area contributed by atoms with Crippen molar-refractivity contribution in [3.63, 3.8) is 0 Å². The van der Waals surface area contributed by atoms with Gasteiger partial charge in [-0.2, -0.15) is 0 Å². The first-order valence-corrected chi connectivity index (χ1v) is 11.9. The molecule has 1 amide bonds. The second kappa shape index (κ2) is 11.1. The van der Waals surface area contributed by atoms with E-state index >= 15 is 0 Å². The molecule has 0 spiro atoms. The van der Waals surface area contributed by atoms with Gasteiger partial charge in [-0.1, -0.05) is 57.4 Å². The Balaban J connectivity index is 2.14. The van der Waals surface area contributed by atoms with Crippen molar-refractivity contribution in [2.24, 2.45) is 0 Å². The quantitative estimate of drug-likeness (QED) is 0.370. The Morgan fingerprint density at radius 3 is 2.50 bits per heavy atom. The summed E-state index contributed by atoms with van der Waals surface area (Å²) in [6, 6.07) is 15.0. The molecule has 3 rings (SSSR count). The van der Waals surface area contributed by atoms with Crippen LogP contribution in [-0.4, -0.2) is 26.9 Å². The van der Waals surface area contributed by atoms with Gasteiger partial charge in [-0.3, -0.25) is 14.2 Å². The van der Waals surface area contributed by atoms with E-state index in [1.807, 2.05) is 67.3 Å². The standard InChI is InChI=1S/C27H35N3O2/c1-5-7-9-17-25(31)29(18-8-6-2)21(4)26-28-24-16-11-10-15-23(24)27(32)30(26)22-14-12-13-20(3)19-22/h10-16,19,21H,5-9,17-18H2,1-4H3/t21-/m0/s1. The molecule has 170 valence electrons. The van der Waals surface area contributed by atoms with E-state index in [9.17, 15) is 9.59 Å². The molecule has 0 saturated heterocycles. The van der Waals surface area contributed by atoms with Crippen LogP contribution in [0.3, 0.4) is 0 Å². The van der Waals surface area contributed by atoms with E-state index in [1.165, 1.54) is 0 Å². The molecular weight excluding hydrogens is 398 g/mol. The molecule has 1 heterocycles. The first kappa shape index (κ1) is 23.7. The second-order valence-electron chi connectivity index (χ2n) is 8.54. The molecule has 0 N–H and O–H groups in total. The van der Waals surface area contributed by atoms with Crippen LogP contribution >= 0.6 is 0 Å². The maximum Gasteiger partial charge on any atom is 0.266 e. The Labute approximate surface area is 191 Å². The number of carbonyl (C=O) groups is 1. The van der Waals surface area contributed by atoms with Crippen molar-refractivity contribution in [1.29, 1.82) is 0 Å². The van der Waals surface area contributed by atoms with Crippen LogP contribution in [0.2, 0.25) is 0 Å². The highest BCUT2D eigenvalue weighted by Gasteiger charge is 2.26.